The number of benzene rings is 2. The van der Waals surface area contributed by atoms with Crippen LogP contribution in [0.3, 0.4) is 0 Å². The zero-order valence-electron chi connectivity index (χ0n) is 14.8. The van der Waals surface area contributed by atoms with Crippen molar-refractivity contribution in [3.63, 3.8) is 0 Å². The minimum Gasteiger partial charge on any atom is -0.480 e. The van der Waals surface area contributed by atoms with Crippen LogP contribution in [-0.2, 0) is 9.59 Å². The number of carbonyl (C=O) groups is 3. The molecular weight excluding hydrogens is 366 g/mol. The van der Waals surface area contributed by atoms with Crippen LogP contribution in [0.25, 0.3) is 6.08 Å². The second-order valence-electron chi connectivity index (χ2n) is 5.76. The number of nitro benzene ring substituents is 1. The van der Waals surface area contributed by atoms with Gasteiger partial charge in [-0.05, 0) is 30.7 Å². The zero-order valence-corrected chi connectivity index (χ0v) is 14.8. The Balaban J connectivity index is 2.36. The van der Waals surface area contributed by atoms with Gasteiger partial charge in [-0.25, -0.2) is 0 Å². The number of nitrogens with zero attached hydrogens (tertiary/aromatic N) is 1. The summed E-state index contributed by atoms with van der Waals surface area (Å²) in [6.07, 6.45) is 1.23. The molecule has 0 bridgehead atoms. The summed E-state index contributed by atoms with van der Waals surface area (Å²) < 4.78 is 0. The number of non-ortho nitro benzene ring substituents is 1. The molecule has 3 N–H and O–H groups in total. The van der Waals surface area contributed by atoms with Gasteiger partial charge < -0.3 is 15.7 Å². The van der Waals surface area contributed by atoms with Gasteiger partial charge in [0.25, 0.3) is 17.5 Å². The van der Waals surface area contributed by atoms with E-state index >= 15 is 0 Å². The maximum absolute atomic E-state index is 12.5. The quantitative estimate of drug-likeness (QED) is 0.379. The summed E-state index contributed by atoms with van der Waals surface area (Å²) in [5.74, 6) is -2.68. The highest BCUT2D eigenvalue weighted by atomic mass is 16.6. The molecule has 0 aliphatic carbocycles. The molecule has 0 saturated carbocycles. The van der Waals surface area contributed by atoms with Crippen molar-refractivity contribution in [1.82, 2.24) is 10.6 Å². The highest BCUT2D eigenvalue weighted by Crippen LogP contribution is 2.15. The molecule has 0 heterocycles. The van der Waals surface area contributed by atoms with Crippen LogP contribution in [0, 0.1) is 10.1 Å². The van der Waals surface area contributed by atoms with Crippen LogP contribution in [0.4, 0.5) is 5.69 Å². The first-order valence-electron chi connectivity index (χ1n) is 8.14. The number of aliphatic carboxylic acids is 1. The fraction of sp³-hybridized carbons (Fsp3) is 0.105. The van der Waals surface area contributed by atoms with Crippen molar-refractivity contribution in [3.05, 3.63) is 81.5 Å². The van der Waals surface area contributed by atoms with Gasteiger partial charge in [-0.1, -0.05) is 30.3 Å². The molecule has 2 aromatic rings. The molecule has 0 saturated heterocycles. The van der Waals surface area contributed by atoms with Gasteiger partial charge in [0.05, 0.1) is 4.92 Å². The third-order valence-electron chi connectivity index (χ3n) is 3.64. The average Bonchev–Trinajstić information content (AvgIpc) is 2.68. The fourth-order valence-corrected chi connectivity index (χ4v) is 2.17. The SMILES string of the molecule is C[C@H](NC(=O)/C(=C/c1cccc([N+](=O)[O-])c1)NC(=O)c1ccccc1)C(=O)O. The van der Waals surface area contributed by atoms with Gasteiger partial charge in [-0.15, -0.1) is 0 Å². The van der Waals surface area contributed by atoms with Gasteiger partial charge >= 0.3 is 5.97 Å². The lowest BCUT2D eigenvalue weighted by Crippen LogP contribution is -2.42. The minimum atomic E-state index is -1.25. The molecule has 0 spiro atoms. The van der Waals surface area contributed by atoms with Gasteiger partial charge in [-0.2, -0.15) is 0 Å². The standard InChI is InChI=1S/C19H17N3O6/c1-12(19(25)26)20-18(24)16(21-17(23)14-7-3-2-4-8-14)11-13-6-5-9-15(10-13)22(27)28/h2-12H,1H3,(H,20,24)(H,21,23)(H,25,26)/b16-11-/t12-/m0/s1. The molecule has 9 heteroatoms. The Hall–Kier alpha value is -4.01. The Bertz CT molecular complexity index is 940. The average molecular weight is 383 g/mol. The normalized spacial score (nSPS) is 12.0. The van der Waals surface area contributed by atoms with Crippen molar-refractivity contribution in [2.24, 2.45) is 0 Å². The van der Waals surface area contributed by atoms with Gasteiger partial charge in [0.2, 0.25) is 0 Å². The molecule has 0 aliphatic heterocycles. The number of carboxylic acid groups (broad SMARTS) is 1. The van der Waals surface area contributed by atoms with Crippen LogP contribution in [0.1, 0.15) is 22.8 Å². The van der Waals surface area contributed by atoms with Crippen molar-refractivity contribution in [2.45, 2.75) is 13.0 Å². The number of rotatable bonds is 7. The maximum Gasteiger partial charge on any atom is 0.325 e. The molecule has 9 nitrogen and oxygen atoms in total. The molecule has 2 aromatic carbocycles. The van der Waals surface area contributed by atoms with Crippen molar-refractivity contribution in [3.8, 4) is 0 Å². The molecule has 0 radical (unpaired) electrons. The number of nitrogens with one attached hydrogen (secondary N) is 2. The van der Waals surface area contributed by atoms with Gasteiger partial charge in [-0.3, -0.25) is 24.5 Å². The van der Waals surface area contributed by atoms with Crippen LogP contribution in [0.5, 0.6) is 0 Å². The maximum atomic E-state index is 12.5. The smallest absolute Gasteiger partial charge is 0.325 e. The number of hydrogen-bond acceptors (Lipinski definition) is 5. The first-order chi connectivity index (χ1) is 13.3. The molecule has 28 heavy (non-hydrogen) atoms. The summed E-state index contributed by atoms with van der Waals surface area (Å²) in [5.41, 5.74) is 0.131. The van der Waals surface area contributed by atoms with Crippen molar-refractivity contribution < 1.29 is 24.4 Å². The largest absolute Gasteiger partial charge is 0.480 e. The summed E-state index contributed by atoms with van der Waals surface area (Å²) in [4.78, 5) is 46.2. The third kappa shape index (κ3) is 5.49. The first-order valence-corrected chi connectivity index (χ1v) is 8.14. The zero-order chi connectivity index (χ0) is 20.7. The fourth-order valence-electron chi connectivity index (χ4n) is 2.17. The Morgan fingerprint density at radius 1 is 1.11 bits per heavy atom. The molecule has 0 aromatic heterocycles. The number of nitro groups is 1. The van der Waals surface area contributed by atoms with E-state index in [4.69, 9.17) is 5.11 Å². The minimum absolute atomic E-state index is 0.193. The second-order valence-corrected chi connectivity index (χ2v) is 5.76. The number of carbonyl (C=O) groups excluding carboxylic acids is 2. The van der Waals surface area contributed by atoms with Gasteiger partial charge in [0.15, 0.2) is 0 Å². The van der Waals surface area contributed by atoms with E-state index in [0.717, 1.165) is 0 Å². The Kier molecular flexibility index (Phi) is 6.58. The van der Waals surface area contributed by atoms with E-state index in [2.05, 4.69) is 10.6 Å². The van der Waals surface area contributed by atoms with E-state index in [0.29, 0.717) is 0 Å². The van der Waals surface area contributed by atoms with E-state index in [1.807, 2.05) is 0 Å². The Morgan fingerprint density at radius 2 is 1.79 bits per heavy atom. The topological polar surface area (TPSA) is 139 Å². The van der Waals surface area contributed by atoms with Gasteiger partial charge in [0.1, 0.15) is 11.7 Å². The molecule has 0 aliphatic rings. The molecule has 144 valence electrons. The first kappa shape index (κ1) is 20.3. The molecule has 0 fully saturated rings. The molecule has 2 rings (SSSR count). The van der Waals surface area contributed by atoms with Crippen LogP contribution in [0.2, 0.25) is 0 Å². The van der Waals surface area contributed by atoms with Crippen molar-refractivity contribution >= 4 is 29.5 Å². The summed E-state index contributed by atoms with van der Waals surface area (Å²) in [7, 11) is 0. The van der Waals surface area contributed by atoms with Crippen LogP contribution in [-0.4, -0.2) is 33.9 Å². The molecule has 2 amide bonds. The summed E-state index contributed by atoms with van der Waals surface area (Å²) in [6.45, 7) is 1.27. The predicted molar refractivity (Wildman–Crippen MR) is 100 cm³/mol. The van der Waals surface area contributed by atoms with E-state index in [-0.39, 0.29) is 22.5 Å². The lowest BCUT2D eigenvalue weighted by atomic mass is 10.1. The predicted octanol–water partition coefficient (Wildman–Crippen LogP) is 1.96. The molecule has 1 atom stereocenters. The summed E-state index contributed by atoms with van der Waals surface area (Å²) in [6, 6.07) is 12.3. The number of carboxylic acids is 1. The van der Waals surface area contributed by atoms with Crippen LogP contribution < -0.4 is 10.6 Å². The van der Waals surface area contributed by atoms with E-state index in [1.165, 1.54) is 49.4 Å². The van der Waals surface area contributed by atoms with Crippen LogP contribution in [0.15, 0.2) is 60.3 Å². The third-order valence-corrected chi connectivity index (χ3v) is 3.64. The van der Waals surface area contributed by atoms with E-state index < -0.39 is 28.7 Å². The highest BCUT2D eigenvalue weighted by Gasteiger charge is 2.20. The van der Waals surface area contributed by atoms with E-state index in [1.54, 1.807) is 18.2 Å². The number of amides is 2. The Labute approximate surface area is 159 Å². The monoisotopic (exact) mass is 383 g/mol. The Morgan fingerprint density at radius 3 is 2.39 bits per heavy atom. The van der Waals surface area contributed by atoms with Gasteiger partial charge in [0, 0.05) is 17.7 Å². The van der Waals surface area contributed by atoms with Crippen molar-refractivity contribution in [1.29, 1.82) is 0 Å². The lowest BCUT2D eigenvalue weighted by Gasteiger charge is -2.13. The van der Waals surface area contributed by atoms with Crippen LogP contribution >= 0.6 is 0 Å². The lowest BCUT2D eigenvalue weighted by molar-refractivity contribution is -0.384. The summed E-state index contributed by atoms with van der Waals surface area (Å²) in [5, 5.41) is 24.6. The highest BCUT2D eigenvalue weighted by molar-refractivity contribution is 6.06. The van der Waals surface area contributed by atoms with E-state index in [9.17, 15) is 24.5 Å². The van der Waals surface area contributed by atoms with Crippen molar-refractivity contribution in [2.75, 3.05) is 0 Å². The second kappa shape index (κ2) is 9.08. The summed E-state index contributed by atoms with van der Waals surface area (Å²) >= 11 is 0. The number of hydrogen-bond donors (Lipinski definition) is 3. The molecule has 0 unspecified atom stereocenters. The molecular formula is C19H17N3O6.